The van der Waals surface area contributed by atoms with Gasteiger partial charge in [0, 0.05) is 18.7 Å². The predicted octanol–water partition coefficient (Wildman–Crippen LogP) is 3.36. The monoisotopic (exact) mass is 218 g/mol. The molecule has 2 N–H and O–H groups in total. The van der Waals surface area contributed by atoms with Gasteiger partial charge in [-0.25, -0.2) is 0 Å². The van der Waals surface area contributed by atoms with Crippen molar-refractivity contribution < 1.29 is 0 Å². The molecule has 0 aliphatic carbocycles. The van der Waals surface area contributed by atoms with Gasteiger partial charge >= 0.3 is 0 Å². The Morgan fingerprint density at radius 2 is 1.93 bits per heavy atom. The molecule has 0 aliphatic rings. The molecule has 1 atom stereocenters. The fourth-order valence-corrected chi connectivity index (χ4v) is 2.01. The highest BCUT2D eigenvalue weighted by Gasteiger charge is 2.04. The Kier molecular flexibility index (Phi) is 11.6. The van der Waals surface area contributed by atoms with E-state index < -0.39 is 0 Å². The van der Waals surface area contributed by atoms with Crippen LogP contribution in [0.3, 0.4) is 0 Å². The Morgan fingerprint density at radius 1 is 1.14 bits per heavy atom. The Labute approximate surface area is 93.9 Å². The highest BCUT2D eigenvalue weighted by Crippen LogP contribution is 2.13. The number of unbranched alkanes of at least 4 members (excludes halogenated alkanes) is 3. The minimum Gasteiger partial charge on any atom is -0.254 e. The molecule has 0 aromatic heterocycles. The topological polar surface area (TPSA) is 24.1 Å². The predicted molar refractivity (Wildman–Crippen MR) is 67.2 cm³/mol. The second-order valence-corrected chi connectivity index (χ2v) is 4.68. The molecule has 3 heteroatoms. The number of rotatable bonds is 10. The lowest BCUT2D eigenvalue weighted by molar-refractivity contribution is 0.441. The maximum absolute atomic E-state index is 3.33. The summed E-state index contributed by atoms with van der Waals surface area (Å²) in [6.07, 6.45) is 8.22. The molecule has 0 amide bonds. The average Bonchev–Trinajstić information content (AvgIpc) is 2.22. The molecule has 0 rings (SSSR count). The van der Waals surface area contributed by atoms with E-state index in [1.807, 2.05) is 7.05 Å². The molecule has 0 radical (unpaired) electrons. The van der Waals surface area contributed by atoms with Gasteiger partial charge in [-0.3, -0.25) is 9.44 Å². The van der Waals surface area contributed by atoms with Gasteiger partial charge in [0.2, 0.25) is 0 Å². The average molecular weight is 218 g/mol. The first-order valence-electron chi connectivity index (χ1n) is 5.90. The van der Waals surface area contributed by atoms with Crippen LogP contribution in [0, 0.1) is 5.92 Å². The third kappa shape index (κ3) is 8.85. The standard InChI is InChI=1S/C11H26N2S/c1-4-6-7-8-9-11(5-2)10-13-14-12-3/h11-13H,4-10H2,1-3H3. The fourth-order valence-electron chi connectivity index (χ4n) is 1.54. The molecule has 0 spiro atoms. The molecular formula is C11H26N2S. The smallest absolute Gasteiger partial charge is 0.00987 e. The van der Waals surface area contributed by atoms with Gasteiger partial charge in [0.05, 0.1) is 0 Å². The third-order valence-electron chi connectivity index (χ3n) is 2.59. The molecule has 0 saturated carbocycles. The molecule has 14 heavy (non-hydrogen) atoms. The molecule has 0 aromatic carbocycles. The van der Waals surface area contributed by atoms with Crippen molar-refractivity contribution in [3.05, 3.63) is 0 Å². The van der Waals surface area contributed by atoms with E-state index in [0.29, 0.717) is 0 Å². The van der Waals surface area contributed by atoms with Gasteiger partial charge in [0.15, 0.2) is 0 Å². The van der Waals surface area contributed by atoms with Gasteiger partial charge in [0.25, 0.3) is 0 Å². The molecule has 0 aromatic rings. The van der Waals surface area contributed by atoms with Crippen LogP contribution in [-0.4, -0.2) is 13.6 Å². The van der Waals surface area contributed by atoms with Crippen molar-refractivity contribution in [3.63, 3.8) is 0 Å². The lowest BCUT2D eigenvalue weighted by Gasteiger charge is -2.14. The largest absolute Gasteiger partial charge is 0.254 e. The van der Waals surface area contributed by atoms with Gasteiger partial charge in [-0.15, -0.1) is 0 Å². The number of hydrogen-bond donors (Lipinski definition) is 2. The highest BCUT2D eigenvalue weighted by molar-refractivity contribution is 7.95. The molecule has 2 nitrogen and oxygen atoms in total. The summed E-state index contributed by atoms with van der Waals surface area (Å²) in [6, 6.07) is 0. The van der Waals surface area contributed by atoms with Gasteiger partial charge in [-0.05, 0) is 19.4 Å². The third-order valence-corrected chi connectivity index (χ3v) is 3.10. The summed E-state index contributed by atoms with van der Waals surface area (Å²) < 4.78 is 6.36. The first-order valence-corrected chi connectivity index (χ1v) is 6.72. The van der Waals surface area contributed by atoms with Crippen LogP contribution in [-0.2, 0) is 0 Å². The molecule has 0 heterocycles. The fraction of sp³-hybridized carbons (Fsp3) is 1.00. The van der Waals surface area contributed by atoms with E-state index in [2.05, 4.69) is 23.3 Å². The van der Waals surface area contributed by atoms with Gasteiger partial charge in [0.1, 0.15) is 0 Å². The summed E-state index contributed by atoms with van der Waals surface area (Å²) in [4.78, 5) is 0. The van der Waals surface area contributed by atoms with Crippen molar-refractivity contribution in [2.75, 3.05) is 13.6 Å². The van der Waals surface area contributed by atoms with Crippen molar-refractivity contribution in [3.8, 4) is 0 Å². The van der Waals surface area contributed by atoms with E-state index in [1.54, 1.807) is 12.1 Å². The minimum atomic E-state index is 0.854. The molecule has 0 saturated heterocycles. The Balaban J connectivity index is 3.28. The number of nitrogens with one attached hydrogen (secondary N) is 2. The summed E-state index contributed by atoms with van der Waals surface area (Å²) in [6.45, 7) is 5.69. The summed E-state index contributed by atoms with van der Waals surface area (Å²) in [5, 5.41) is 0. The van der Waals surface area contributed by atoms with E-state index in [1.165, 1.54) is 38.5 Å². The SMILES string of the molecule is CCCCCCC(CC)CNSNC. The van der Waals surface area contributed by atoms with E-state index in [0.717, 1.165) is 12.5 Å². The molecule has 0 fully saturated rings. The molecular weight excluding hydrogens is 192 g/mol. The lowest BCUT2D eigenvalue weighted by atomic mass is 9.99. The second kappa shape index (κ2) is 11.3. The van der Waals surface area contributed by atoms with E-state index in [9.17, 15) is 0 Å². The van der Waals surface area contributed by atoms with Gasteiger partial charge < -0.3 is 0 Å². The normalized spacial score (nSPS) is 13.1. The number of hydrogen-bond acceptors (Lipinski definition) is 3. The second-order valence-electron chi connectivity index (χ2n) is 3.78. The first-order chi connectivity index (χ1) is 6.85. The summed E-state index contributed by atoms with van der Waals surface area (Å²) in [5.74, 6) is 0.854. The Bertz CT molecular complexity index is 109. The molecule has 0 aliphatic heterocycles. The van der Waals surface area contributed by atoms with Crippen LogP contribution >= 0.6 is 12.1 Å². The first kappa shape index (κ1) is 14.3. The van der Waals surface area contributed by atoms with Crippen LogP contribution in [0.2, 0.25) is 0 Å². The highest BCUT2D eigenvalue weighted by atomic mass is 32.2. The molecule has 0 bridgehead atoms. The van der Waals surface area contributed by atoms with Crippen LogP contribution in [0.1, 0.15) is 52.4 Å². The van der Waals surface area contributed by atoms with Crippen molar-refractivity contribution >= 4 is 12.1 Å². The van der Waals surface area contributed by atoms with Crippen LogP contribution < -0.4 is 9.44 Å². The van der Waals surface area contributed by atoms with Crippen LogP contribution in [0.15, 0.2) is 0 Å². The van der Waals surface area contributed by atoms with E-state index in [-0.39, 0.29) is 0 Å². The van der Waals surface area contributed by atoms with Crippen molar-refractivity contribution in [1.29, 1.82) is 0 Å². The zero-order chi connectivity index (χ0) is 10.6. The lowest BCUT2D eigenvalue weighted by Crippen LogP contribution is -2.19. The van der Waals surface area contributed by atoms with Gasteiger partial charge in [-0.2, -0.15) is 0 Å². The Hall–Kier alpha value is 0.270. The molecule has 1 unspecified atom stereocenters. The van der Waals surface area contributed by atoms with Crippen LogP contribution in [0.25, 0.3) is 0 Å². The van der Waals surface area contributed by atoms with Crippen molar-refractivity contribution in [2.24, 2.45) is 5.92 Å². The molecule has 86 valence electrons. The minimum absolute atomic E-state index is 0.854. The maximum atomic E-state index is 3.33. The quantitative estimate of drug-likeness (QED) is 0.434. The van der Waals surface area contributed by atoms with Crippen LogP contribution in [0.5, 0.6) is 0 Å². The zero-order valence-corrected chi connectivity index (χ0v) is 10.8. The van der Waals surface area contributed by atoms with Crippen LogP contribution in [0.4, 0.5) is 0 Å². The van der Waals surface area contributed by atoms with Crippen molar-refractivity contribution in [1.82, 2.24) is 9.44 Å². The van der Waals surface area contributed by atoms with Gasteiger partial charge in [-0.1, -0.05) is 46.0 Å². The summed E-state index contributed by atoms with van der Waals surface area (Å²) >= 11 is 1.60. The van der Waals surface area contributed by atoms with E-state index >= 15 is 0 Å². The summed E-state index contributed by atoms with van der Waals surface area (Å²) in [5.41, 5.74) is 0. The van der Waals surface area contributed by atoms with E-state index in [4.69, 9.17) is 0 Å². The Morgan fingerprint density at radius 3 is 2.50 bits per heavy atom. The van der Waals surface area contributed by atoms with Crippen molar-refractivity contribution in [2.45, 2.75) is 52.4 Å². The summed E-state index contributed by atoms with van der Waals surface area (Å²) in [7, 11) is 1.94. The zero-order valence-electron chi connectivity index (χ0n) is 9.94. The maximum Gasteiger partial charge on any atom is 0.00987 e.